The van der Waals surface area contributed by atoms with E-state index in [4.69, 9.17) is 5.11 Å². The maximum absolute atomic E-state index is 12.4. The second-order valence-corrected chi connectivity index (χ2v) is 5.94. The third kappa shape index (κ3) is 4.14. The maximum Gasteiger partial charge on any atom is 0.337 e. The second kappa shape index (κ2) is 7.00. The molecule has 21 heavy (non-hydrogen) atoms. The fourth-order valence-electron chi connectivity index (χ4n) is 1.59. The third-order valence-corrected chi connectivity index (χ3v) is 4.34. The SMILES string of the molecule is C=CCN(CC(=O)O)S(=O)(=O)c1cccc(C(=O)OC)c1. The van der Waals surface area contributed by atoms with Crippen molar-refractivity contribution in [2.75, 3.05) is 20.2 Å². The number of ether oxygens (including phenoxy) is 1. The number of benzene rings is 1. The second-order valence-electron chi connectivity index (χ2n) is 4.00. The van der Waals surface area contributed by atoms with E-state index in [1.54, 1.807) is 0 Å². The average molecular weight is 313 g/mol. The zero-order chi connectivity index (χ0) is 16.0. The van der Waals surface area contributed by atoms with Gasteiger partial charge in [0.1, 0.15) is 6.54 Å². The molecule has 0 amide bonds. The van der Waals surface area contributed by atoms with Crippen LogP contribution < -0.4 is 0 Å². The molecule has 0 unspecified atom stereocenters. The minimum atomic E-state index is -4.05. The van der Waals surface area contributed by atoms with Crippen molar-refractivity contribution in [1.29, 1.82) is 0 Å². The van der Waals surface area contributed by atoms with Crippen LogP contribution >= 0.6 is 0 Å². The molecule has 1 N–H and O–H groups in total. The van der Waals surface area contributed by atoms with Gasteiger partial charge in [-0.15, -0.1) is 6.58 Å². The van der Waals surface area contributed by atoms with E-state index in [-0.39, 0.29) is 17.0 Å². The number of rotatable bonds is 7. The van der Waals surface area contributed by atoms with Crippen molar-refractivity contribution < 1.29 is 27.9 Å². The lowest BCUT2D eigenvalue weighted by atomic mass is 10.2. The zero-order valence-corrected chi connectivity index (χ0v) is 12.2. The van der Waals surface area contributed by atoms with E-state index in [9.17, 15) is 18.0 Å². The topological polar surface area (TPSA) is 101 Å². The third-order valence-electron chi connectivity index (χ3n) is 2.54. The van der Waals surface area contributed by atoms with E-state index in [0.717, 1.165) is 10.4 Å². The van der Waals surface area contributed by atoms with Gasteiger partial charge in [-0.25, -0.2) is 13.2 Å². The molecule has 0 radical (unpaired) electrons. The molecule has 0 atom stereocenters. The molecule has 0 aromatic heterocycles. The Morgan fingerprint density at radius 1 is 1.43 bits per heavy atom. The van der Waals surface area contributed by atoms with E-state index in [2.05, 4.69) is 11.3 Å². The van der Waals surface area contributed by atoms with Gasteiger partial charge in [0.2, 0.25) is 10.0 Å². The molecule has 1 rings (SSSR count). The number of esters is 1. The lowest BCUT2D eigenvalue weighted by Gasteiger charge is -2.18. The zero-order valence-electron chi connectivity index (χ0n) is 11.4. The number of hydrogen-bond acceptors (Lipinski definition) is 5. The summed E-state index contributed by atoms with van der Waals surface area (Å²) >= 11 is 0. The van der Waals surface area contributed by atoms with Gasteiger partial charge in [0, 0.05) is 6.54 Å². The molecule has 0 spiro atoms. The Kier molecular flexibility index (Phi) is 5.62. The van der Waals surface area contributed by atoms with Crippen LogP contribution in [0.15, 0.2) is 41.8 Å². The van der Waals surface area contributed by atoms with Gasteiger partial charge in [0.05, 0.1) is 17.6 Å². The summed E-state index contributed by atoms with van der Waals surface area (Å²) in [4.78, 5) is 22.0. The highest BCUT2D eigenvalue weighted by atomic mass is 32.2. The molecule has 0 saturated heterocycles. The van der Waals surface area contributed by atoms with Crippen LogP contribution in [0.1, 0.15) is 10.4 Å². The van der Waals surface area contributed by atoms with Gasteiger partial charge in [-0.2, -0.15) is 4.31 Å². The first kappa shape index (κ1) is 16.9. The van der Waals surface area contributed by atoms with E-state index < -0.39 is 28.5 Å². The number of carbonyl (C=O) groups excluding carboxylic acids is 1. The van der Waals surface area contributed by atoms with Crippen molar-refractivity contribution in [1.82, 2.24) is 4.31 Å². The summed E-state index contributed by atoms with van der Waals surface area (Å²) in [5.41, 5.74) is 0.0625. The van der Waals surface area contributed by atoms with Crippen LogP contribution in [-0.2, 0) is 19.6 Å². The van der Waals surface area contributed by atoms with E-state index in [1.165, 1.54) is 31.4 Å². The summed E-state index contributed by atoms with van der Waals surface area (Å²) in [6.07, 6.45) is 1.28. The van der Waals surface area contributed by atoms with Gasteiger partial charge in [-0.05, 0) is 18.2 Å². The predicted molar refractivity (Wildman–Crippen MR) is 74.4 cm³/mol. The van der Waals surface area contributed by atoms with Gasteiger partial charge in [-0.1, -0.05) is 12.1 Å². The Labute approximate surface area is 122 Å². The number of carboxylic acid groups (broad SMARTS) is 1. The largest absolute Gasteiger partial charge is 0.480 e. The van der Waals surface area contributed by atoms with Crippen LogP contribution in [-0.4, -0.2) is 50.0 Å². The molecule has 0 saturated carbocycles. The molecule has 0 bridgehead atoms. The summed E-state index contributed by atoms with van der Waals surface area (Å²) in [5.74, 6) is -1.97. The Morgan fingerprint density at radius 3 is 2.62 bits per heavy atom. The maximum atomic E-state index is 12.4. The highest BCUT2D eigenvalue weighted by molar-refractivity contribution is 7.89. The standard InChI is InChI=1S/C13H15NO6S/c1-3-7-14(9-12(15)16)21(18,19)11-6-4-5-10(8-11)13(17)20-2/h3-6,8H,1,7,9H2,2H3,(H,15,16). The normalized spacial score (nSPS) is 11.1. The van der Waals surface area contributed by atoms with E-state index >= 15 is 0 Å². The van der Waals surface area contributed by atoms with Gasteiger partial charge in [0.25, 0.3) is 0 Å². The fraction of sp³-hybridized carbons (Fsp3) is 0.231. The van der Waals surface area contributed by atoms with E-state index in [1.807, 2.05) is 0 Å². The summed E-state index contributed by atoms with van der Waals surface area (Å²) in [5, 5.41) is 8.79. The van der Waals surface area contributed by atoms with Crippen LogP contribution in [0.2, 0.25) is 0 Å². The predicted octanol–water partition coefficient (Wildman–Crippen LogP) is 0.734. The number of nitrogens with zero attached hydrogens (tertiary/aromatic N) is 1. The molecule has 0 heterocycles. The van der Waals surface area contributed by atoms with Gasteiger partial charge in [-0.3, -0.25) is 4.79 Å². The van der Waals surface area contributed by atoms with Gasteiger partial charge >= 0.3 is 11.9 Å². The highest BCUT2D eigenvalue weighted by Crippen LogP contribution is 2.17. The number of aliphatic carboxylic acids is 1. The minimum absolute atomic E-state index is 0.0625. The van der Waals surface area contributed by atoms with Crippen LogP contribution in [0.5, 0.6) is 0 Å². The molecule has 7 nitrogen and oxygen atoms in total. The molecule has 0 aliphatic heterocycles. The molecular weight excluding hydrogens is 298 g/mol. The number of hydrogen-bond donors (Lipinski definition) is 1. The molecule has 1 aromatic carbocycles. The Hall–Kier alpha value is -2.19. The van der Waals surface area contributed by atoms with Crippen molar-refractivity contribution in [3.05, 3.63) is 42.5 Å². The van der Waals surface area contributed by atoms with Crippen LogP contribution in [0, 0.1) is 0 Å². The number of sulfonamides is 1. The lowest BCUT2D eigenvalue weighted by Crippen LogP contribution is -2.35. The Balaban J connectivity index is 3.24. The number of methoxy groups -OCH3 is 1. The first-order valence-corrected chi connectivity index (χ1v) is 7.28. The fourth-order valence-corrected chi connectivity index (χ4v) is 3.00. The quantitative estimate of drug-likeness (QED) is 0.588. The summed E-state index contributed by atoms with van der Waals surface area (Å²) < 4.78 is 30.0. The Bertz CT molecular complexity index is 652. The molecule has 0 aliphatic rings. The molecule has 0 fully saturated rings. The molecule has 114 valence electrons. The molecule has 8 heteroatoms. The van der Waals surface area contributed by atoms with Gasteiger partial charge < -0.3 is 9.84 Å². The molecule has 1 aromatic rings. The smallest absolute Gasteiger partial charge is 0.337 e. The van der Waals surface area contributed by atoms with Crippen molar-refractivity contribution in [3.63, 3.8) is 0 Å². The number of carbonyl (C=O) groups is 2. The van der Waals surface area contributed by atoms with E-state index in [0.29, 0.717) is 0 Å². The van der Waals surface area contributed by atoms with Crippen molar-refractivity contribution in [2.24, 2.45) is 0 Å². The molecular formula is C13H15NO6S. The summed E-state index contributed by atoms with van der Waals surface area (Å²) in [7, 11) is -2.87. The summed E-state index contributed by atoms with van der Waals surface area (Å²) in [6, 6.07) is 5.20. The van der Waals surface area contributed by atoms with Crippen molar-refractivity contribution in [2.45, 2.75) is 4.90 Å². The van der Waals surface area contributed by atoms with Crippen molar-refractivity contribution >= 4 is 22.0 Å². The number of carboxylic acids is 1. The first-order valence-electron chi connectivity index (χ1n) is 5.84. The van der Waals surface area contributed by atoms with Crippen LogP contribution in [0.4, 0.5) is 0 Å². The van der Waals surface area contributed by atoms with Crippen molar-refractivity contribution in [3.8, 4) is 0 Å². The average Bonchev–Trinajstić information content (AvgIpc) is 2.45. The monoisotopic (exact) mass is 313 g/mol. The minimum Gasteiger partial charge on any atom is -0.480 e. The first-order chi connectivity index (χ1) is 9.82. The van der Waals surface area contributed by atoms with Crippen LogP contribution in [0.3, 0.4) is 0 Å². The van der Waals surface area contributed by atoms with Crippen LogP contribution in [0.25, 0.3) is 0 Å². The highest BCUT2D eigenvalue weighted by Gasteiger charge is 2.26. The Morgan fingerprint density at radius 2 is 2.10 bits per heavy atom. The summed E-state index contributed by atoms with van der Waals surface area (Å²) in [6.45, 7) is 2.55. The molecule has 0 aliphatic carbocycles. The lowest BCUT2D eigenvalue weighted by molar-refractivity contribution is -0.137. The van der Waals surface area contributed by atoms with Gasteiger partial charge in [0.15, 0.2) is 0 Å².